The smallest absolute Gasteiger partial charge is 0.159 e. The Balaban J connectivity index is 1.66. The standard InChI is InChI=1S/C25H35N3O2/c1-4-15-27(5-2)17-18-30-25-9-7-6-8-23(25)24-19-28(16-14-26-24)22-12-10-21(11-13-22)20(3)29/h6-13,24,26H,4-5,14-19H2,1-3H3. The Labute approximate surface area is 181 Å². The van der Waals surface area contributed by atoms with Crippen molar-refractivity contribution in [3.63, 3.8) is 0 Å². The number of carbonyl (C=O) groups is 1. The minimum Gasteiger partial charge on any atom is -0.492 e. The van der Waals surface area contributed by atoms with Gasteiger partial charge in [-0.3, -0.25) is 4.79 Å². The number of benzene rings is 2. The van der Waals surface area contributed by atoms with Crippen molar-refractivity contribution in [3.05, 3.63) is 59.7 Å². The van der Waals surface area contributed by atoms with E-state index in [1.807, 2.05) is 18.2 Å². The highest BCUT2D eigenvalue weighted by molar-refractivity contribution is 5.94. The fourth-order valence-corrected chi connectivity index (χ4v) is 4.03. The number of rotatable bonds is 10. The van der Waals surface area contributed by atoms with Crippen molar-refractivity contribution in [1.29, 1.82) is 0 Å². The van der Waals surface area contributed by atoms with Crippen molar-refractivity contribution in [2.75, 3.05) is 50.8 Å². The second-order valence-electron chi connectivity index (χ2n) is 7.88. The molecule has 0 saturated carbocycles. The monoisotopic (exact) mass is 409 g/mol. The van der Waals surface area contributed by atoms with Crippen molar-refractivity contribution < 1.29 is 9.53 Å². The van der Waals surface area contributed by atoms with Gasteiger partial charge in [0.05, 0.1) is 6.04 Å². The van der Waals surface area contributed by atoms with Crippen molar-refractivity contribution in [2.45, 2.75) is 33.2 Å². The predicted molar refractivity (Wildman–Crippen MR) is 124 cm³/mol. The Morgan fingerprint density at radius 1 is 1.13 bits per heavy atom. The number of carbonyl (C=O) groups excluding carboxylic acids is 1. The summed E-state index contributed by atoms with van der Waals surface area (Å²) in [6.45, 7) is 12.6. The lowest BCUT2D eigenvalue weighted by molar-refractivity contribution is 0.101. The molecule has 1 atom stereocenters. The van der Waals surface area contributed by atoms with E-state index in [2.05, 4.69) is 59.3 Å². The number of nitrogens with one attached hydrogen (secondary N) is 1. The van der Waals surface area contributed by atoms with Crippen LogP contribution in [0.15, 0.2) is 48.5 Å². The summed E-state index contributed by atoms with van der Waals surface area (Å²) >= 11 is 0. The van der Waals surface area contributed by atoms with Gasteiger partial charge in [-0.25, -0.2) is 0 Å². The first kappa shape index (κ1) is 22.3. The van der Waals surface area contributed by atoms with Crippen LogP contribution in [0.5, 0.6) is 5.75 Å². The molecule has 5 nitrogen and oxygen atoms in total. The minimum absolute atomic E-state index is 0.103. The van der Waals surface area contributed by atoms with Crippen LogP contribution in [-0.4, -0.2) is 56.6 Å². The van der Waals surface area contributed by atoms with Gasteiger partial charge in [-0.15, -0.1) is 0 Å². The molecule has 1 N–H and O–H groups in total. The third-order valence-electron chi connectivity index (χ3n) is 5.76. The van der Waals surface area contributed by atoms with Gasteiger partial charge < -0.3 is 19.9 Å². The second-order valence-corrected chi connectivity index (χ2v) is 7.88. The van der Waals surface area contributed by atoms with Gasteiger partial charge in [0.25, 0.3) is 0 Å². The molecule has 5 heteroatoms. The Kier molecular flexibility index (Phi) is 8.29. The number of Topliss-reactive ketones (excluding diaryl/α,β-unsaturated/α-hetero) is 1. The molecule has 0 radical (unpaired) electrons. The summed E-state index contributed by atoms with van der Waals surface area (Å²) in [5.74, 6) is 1.07. The van der Waals surface area contributed by atoms with E-state index in [1.54, 1.807) is 6.92 Å². The summed E-state index contributed by atoms with van der Waals surface area (Å²) in [4.78, 5) is 16.4. The van der Waals surface area contributed by atoms with Crippen LogP contribution in [0, 0.1) is 0 Å². The number of hydrogen-bond acceptors (Lipinski definition) is 5. The summed E-state index contributed by atoms with van der Waals surface area (Å²) in [5.41, 5.74) is 3.12. The van der Waals surface area contributed by atoms with E-state index in [9.17, 15) is 4.79 Å². The highest BCUT2D eigenvalue weighted by Gasteiger charge is 2.23. The van der Waals surface area contributed by atoms with E-state index in [-0.39, 0.29) is 11.8 Å². The number of ether oxygens (including phenoxy) is 1. The highest BCUT2D eigenvalue weighted by atomic mass is 16.5. The van der Waals surface area contributed by atoms with Crippen LogP contribution >= 0.6 is 0 Å². The topological polar surface area (TPSA) is 44.8 Å². The van der Waals surface area contributed by atoms with Crippen LogP contribution in [0.4, 0.5) is 5.69 Å². The highest BCUT2D eigenvalue weighted by Crippen LogP contribution is 2.29. The normalized spacial score (nSPS) is 16.7. The Hall–Kier alpha value is -2.37. The molecule has 2 aromatic rings. The van der Waals surface area contributed by atoms with E-state index in [0.29, 0.717) is 6.61 Å². The number of ketones is 1. The number of nitrogens with zero attached hydrogens (tertiary/aromatic N) is 2. The van der Waals surface area contributed by atoms with Gasteiger partial charge in [0.15, 0.2) is 5.78 Å². The van der Waals surface area contributed by atoms with E-state index >= 15 is 0 Å². The molecule has 3 rings (SSSR count). The predicted octanol–water partition coefficient (Wildman–Crippen LogP) is 4.15. The number of hydrogen-bond donors (Lipinski definition) is 1. The third kappa shape index (κ3) is 5.83. The van der Waals surface area contributed by atoms with Crippen LogP contribution in [0.2, 0.25) is 0 Å². The van der Waals surface area contributed by atoms with Gasteiger partial charge in [0.2, 0.25) is 0 Å². The average Bonchev–Trinajstić information content (AvgIpc) is 2.79. The molecule has 1 fully saturated rings. The molecule has 2 aromatic carbocycles. The second kappa shape index (κ2) is 11.1. The Bertz CT molecular complexity index is 806. The molecule has 0 aromatic heterocycles. The Morgan fingerprint density at radius 2 is 1.90 bits per heavy atom. The van der Waals surface area contributed by atoms with Crippen molar-refractivity contribution in [1.82, 2.24) is 10.2 Å². The van der Waals surface area contributed by atoms with E-state index in [4.69, 9.17) is 4.74 Å². The molecule has 1 unspecified atom stereocenters. The van der Waals surface area contributed by atoms with Crippen LogP contribution in [-0.2, 0) is 0 Å². The van der Waals surface area contributed by atoms with E-state index in [1.165, 1.54) is 12.0 Å². The zero-order valence-corrected chi connectivity index (χ0v) is 18.6. The number of piperazine rings is 1. The van der Waals surface area contributed by atoms with Crippen LogP contribution in [0.25, 0.3) is 0 Å². The first-order valence-electron chi connectivity index (χ1n) is 11.2. The van der Waals surface area contributed by atoms with E-state index in [0.717, 1.165) is 56.3 Å². The Morgan fingerprint density at radius 3 is 2.60 bits per heavy atom. The van der Waals surface area contributed by atoms with Gasteiger partial charge in [0.1, 0.15) is 12.4 Å². The summed E-state index contributed by atoms with van der Waals surface area (Å²) in [5, 5.41) is 3.65. The molecule has 30 heavy (non-hydrogen) atoms. The van der Waals surface area contributed by atoms with E-state index < -0.39 is 0 Å². The van der Waals surface area contributed by atoms with Crippen molar-refractivity contribution in [2.24, 2.45) is 0 Å². The van der Waals surface area contributed by atoms with Gasteiger partial charge in [-0.1, -0.05) is 32.0 Å². The average molecular weight is 410 g/mol. The largest absolute Gasteiger partial charge is 0.492 e. The molecule has 1 heterocycles. The van der Waals surface area contributed by atoms with Crippen LogP contribution < -0.4 is 15.0 Å². The van der Waals surface area contributed by atoms with Crippen molar-refractivity contribution in [3.8, 4) is 5.75 Å². The summed E-state index contributed by atoms with van der Waals surface area (Å²) < 4.78 is 6.21. The molecular formula is C25H35N3O2. The number of para-hydroxylation sites is 1. The maximum Gasteiger partial charge on any atom is 0.159 e. The molecule has 1 aliphatic heterocycles. The first-order valence-corrected chi connectivity index (χ1v) is 11.2. The maximum absolute atomic E-state index is 11.6. The molecule has 162 valence electrons. The van der Waals surface area contributed by atoms with Gasteiger partial charge in [0, 0.05) is 43.0 Å². The van der Waals surface area contributed by atoms with Gasteiger partial charge in [-0.05, 0) is 56.8 Å². The minimum atomic E-state index is 0.103. The molecule has 1 aliphatic rings. The van der Waals surface area contributed by atoms with Gasteiger partial charge >= 0.3 is 0 Å². The SMILES string of the molecule is CCCN(CC)CCOc1ccccc1C1CN(c2ccc(C(C)=O)cc2)CCN1. The molecule has 0 aliphatic carbocycles. The molecular weight excluding hydrogens is 374 g/mol. The zero-order valence-electron chi connectivity index (χ0n) is 18.6. The fraction of sp³-hybridized carbons (Fsp3) is 0.480. The molecule has 0 amide bonds. The first-order chi connectivity index (χ1) is 14.6. The lowest BCUT2D eigenvalue weighted by atomic mass is 10.0. The lowest BCUT2D eigenvalue weighted by Gasteiger charge is -2.36. The fourth-order valence-electron chi connectivity index (χ4n) is 4.03. The molecule has 1 saturated heterocycles. The summed E-state index contributed by atoms with van der Waals surface area (Å²) in [6.07, 6.45) is 1.17. The summed E-state index contributed by atoms with van der Waals surface area (Å²) in [7, 11) is 0. The quantitative estimate of drug-likeness (QED) is 0.597. The lowest BCUT2D eigenvalue weighted by Crippen LogP contribution is -2.46. The molecule has 0 spiro atoms. The number of anilines is 1. The maximum atomic E-state index is 11.6. The molecule has 0 bridgehead atoms. The van der Waals surface area contributed by atoms with Crippen LogP contribution in [0.3, 0.4) is 0 Å². The van der Waals surface area contributed by atoms with Gasteiger partial charge in [-0.2, -0.15) is 0 Å². The zero-order chi connectivity index (χ0) is 21.3. The number of likely N-dealkylation sites (N-methyl/N-ethyl adjacent to an activating group) is 1. The summed E-state index contributed by atoms with van der Waals surface area (Å²) in [6, 6.07) is 16.5. The van der Waals surface area contributed by atoms with Crippen LogP contribution in [0.1, 0.15) is 49.2 Å². The van der Waals surface area contributed by atoms with Crippen molar-refractivity contribution >= 4 is 11.5 Å². The third-order valence-corrected chi connectivity index (χ3v) is 5.76.